The van der Waals surface area contributed by atoms with Gasteiger partial charge in [-0.05, 0) is 50.8 Å². The van der Waals surface area contributed by atoms with Crippen molar-refractivity contribution in [1.82, 2.24) is 10.6 Å². The molecule has 3 amide bonds. The van der Waals surface area contributed by atoms with Crippen LogP contribution in [0.25, 0.3) is 0 Å². The number of thiol groups is 1. The first-order valence-electron chi connectivity index (χ1n) is 12.5. The maximum atomic E-state index is 12.7. The van der Waals surface area contributed by atoms with Gasteiger partial charge in [-0.3, -0.25) is 14.4 Å². The summed E-state index contributed by atoms with van der Waals surface area (Å²) in [5, 5.41) is 16.4. The molecule has 216 valence electrons. The number of carboxylic acid groups (broad SMARTS) is 1. The Morgan fingerprint density at radius 3 is 2.13 bits per heavy atom. The third-order valence-corrected chi connectivity index (χ3v) is 5.22. The first kappa shape index (κ1) is 35.2. The number of hydrogen-bond acceptors (Lipinski definition) is 8. The molecule has 0 saturated carbocycles. The summed E-state index contributed by atoms with van der Waals surface area (Å²) < 4.78 is 10.2. The zero-order valence-corrected chi connectivity index (χ0v) is 24.3. The Morgan fingerprint density at radius 1 is 1.05 bits per heavy atom. The molecule has 0 heterocycles. The molecule has 0 aliphatic heterocycles. The Labute approximate surface area is 231 Å². The van der Waals surface area contributed by atoms with Crippen LogP contribution in [0.3, 0.4) is 0 Å². The summed E-state index contributed by atoms with van der Waals surface area (Å²) in [5.74, 6) is -1.61. The predicted molar refractivity (Wildman–Crippen MR) is 150 cm³/mol. The van der Waals surface area contributed by atoms with Gasteiger partial charge in [0.1, 0.15) is 17.6 Å². The van der Waals surface area contributed by atoms with Crippen LogP contribution in [0.2, 0.25) is 0 Å². The lowest BCUT2D eigenvalue weighted by Crippen LogP contribution is -2.51. The number of carbonyl (C=O) groups excluding carboxylic acids is 3. The topological polar surface area (TPSA) is 169 Å². The van der Waals surface area contributed by atoms with E-state index in [1.165, 1.54) is 0 Å². The van der Waals surface area contributed by atoms with Gasteiger partial charge in [0, 0.05) is 11.2 Å². The fourth-order valence-corrected chi connectivity index (χ4v) is 3.19. The molecule has 0 fully saturated rings. The van der Waals surface area contributed by atoms with E-state index >= 15 is 0 Å². The minimum Gasteiger partial charge on any atom is -0.450 e. The minimum absolute atomic E-state index is 0.0778. The third-order valence-electron chi connectivity index (χ3n) is 4.94. The predicted octanol–water partition coefficient (Wildman–Crippen LogP) is 3.28. The average molecular weight is 557 g/mol. The molecule has 1 aromatic carbocycles. The first-order valence-corrected chi connectivity index (χ1v) is 13.0. The normalized spacial score (nSPS) is 13.3. The van der Waals surface area contributed by atoms with Crippen molar-refractivity contribution in [2.75, 3.05) is 18.5 Å². The van der Waals surface area contributed by atoms with E-state index in [9.17, 15) is 19.2 Å². The number of amides is 3. The highest BCUT2D eigenvalue weighted by molar-refractivity contribution is 7.81. The van der Waals surface area contributed by atoms with Crippen LogP contribution in [0, 0.1) is 5.92 Å². The van der Waals surface area contributed by atoms with E-state index in [1.807, 2.05) is 27.7 Å². The second-order valence-electron chi connectivity index (χ2n) is 9.75. The van der Waals surface area contributed by atoms with Crippen LogP contribution in [0.5, 0.6) is 0 Å². The molecule has 0 spiro atoms. The number of nitrogens with two attached hydrogens (primary N) is 1. The van der Waals surface area contributed by atoms with Crippen molar-refractivity contribution < 1.29 is 33.8 Å². The fourth-order valence-electron chi connectivity index (χ4n) is 2.95. The van der Waals surface area contributed by atoms with Crippen molar-refractivity contribution in [3.05, 3.63) is 29.8 Å². The van der Waals surface area contributed by atoms with Crippen molar-refractivity contribution in [3.63, 3.8) is 0 Å². The standard InChI is InChI=1S/C24H38N4O7S.C2H6/c1-15(2)20(28-18(29)12-24(5,36)35-11-10-23(3,4)25)21(31)26-13-19(30)27-17-8-6-16(7-9-17)14-34-22(32)33;1-2/h6-9,15,20,36H,10-14,25H2,1-5H3,(H,26,31)(H,27,30)(H,28,29)(H,32,33);1-2H3. The Balaban J connectivity index is 0.00000667. The number of nitrogens with one attached hydrogen (secondary N) is 3. The molecule has 0 bridgehead atoms. The molecule has 2 unspecified atom stereocenters. The second kappa shape index (κ2) is 16.9. The van der Waals surface area contributed by atoms with Crippen LogP contribution < -0.4 is 21.7 Å². The molecule has 11 nitrogen and oxygen atoms in total. The van der Waals surface area contributed by atoms with Crippen LogP contribution in [0.1, 0.15) is 66.9 Å². The zero-order chi connectivity index (χ0) is 29.5. The number of anilines is 1. The van der Waals surface area contributed by atoms with Gasteiger partial charge in [0.2, 0.25) is 17.7 Å². The van der Waals surface area contributed by atoms with Crippen LogP contribution >= 0.6 is 12.6 Å². The van der Waals surface area contributed by atoms with E-state index in [-0.39, 0.29) is 25.5 Å². The molecule has 1 rings (SSSR count). The van der Waals surface area contributed by atoms with Crippen molar-refractivity contribution in [3.8, 4) is 0 Å². The number of benzene rings is 1. The Kier molecular flexibility index (Phi) is 15.6. The first-order chi connectivity index (χ1) is 17.6. The largest absolute Gasteiger partial charge is 0.506 e. The smallest absolute Gasteiger partial charge is 0.450 e. The monoisotopic (exact) mass is 556 g/mol. The highest BCUT2D eigenvalue weighted by atomic mass is 32.1. The summed E-state index contributed by atoms with van der Waals surface area (Å²) in [7, 11) is 0. The SMILES string of the molecule is CC.CC(C)C(NC(=O)CC(C)(S)OCCC(C)(C)N)C(=O)NCC(=O)Nc1ccc(COC(=O)O)cc1. The maximum absolute atomic E-state index is 12.7. The van der Waals surface area contributed by atoms with Gasteiger partial charge >= 0.3 is 6.16 Å². The van der Waals surface area contributed by atoms with Gasteiger partial charge < -0.3 is 36.3 Å². The molecule has 1 aromatic rings. The number of ether oxygens (including phenoxy) is 2. The summed E-state index contributed by atoms with van der Waals surface area (Å²) in [5.41, 5.74) is 6.62. The number of hydrogen-bond donors (Lipinski definition) is 6. The van der Waals surface area contributed by atoms with Crippen LogP contribution in [-0.4, -0.2) is 58.6 Å². The molecule has 0 aliphatic rings. The lowest BCUT2D eigenvalue weighted by Gasteiger charge is -2.28. The number of carbonyl (C=O) groups is 4. The van der Waals surface area contributed by atoms with Crippen molar-refractivity contribution >= 4 is 42.2 Å². The van der Waals surface area contributed by atoms with E-state index in [0.29, 0.717) is 24.3 Å². The van der Waals surface area contributed by atoms with Gasteiger partial charge in [-0.15, -0.1) is 12.6 Å². The molecular weight excluding hydrogens is 512 g/mol. The summed E-state index contributed by atoms with van der Waals surface area (Å²) in [6, 6.07) is 5.53. The van der Waals surface area contributed by atoms with Gasteiger partial charge in [0.25, 0.3) is 0 Å². The summed E-state index contributed by atoms with van der Waals surface area (Å²) in [4.78, 5) is 46.9. The lowest BCUT2D eigenvalue weighted by atomic mass is 10.0. The van der Waals surface area contributed by atoms with E-state index in [4.69, 9.17) is 15.6 Å². The molecular formula is C26H44N4O7S. The van der Waals surface area contributed by atoms with E-state index in [0.717, 1.165) is 0 Å². The fraction of sp³-hybridized carbons (Fsp3) is 0.615. The van der Waals surface area contributed by atoms with Gasteiger partial charge in [0.05, 0.1) is 19.6 Å². The van der Waals surface area contributed by atoms with Crippen molar-refractivity contribution in [2.45, 2.75) is 84.4 Å². The van der Waals surface area contributed by atoms with Crippen molar-refractivity contribution in [1.29, 1.82) is 0 Å². The zero-order valence-electron chi connectivity index (χ0n) is 23.4. The molecule has 0 saturated heterocycles. The van der Waals surface area contributed by atoms with E-state index in [1.54, 1.807) is 45.0 Å². The van der Waals surface area contributed by atoms with Crippen LogP contribution in [-0.2, 0) is 30.5 Å². The third kappa shape index (κ3) is 16.1. The lowest BCUT2D eigenvalue weighted by molar-refractivity contribution is -0.132. The minimum atomic E-state index is -1.38. The molecule has 2 atom stereocenters. The highest BCUT2D eigenvalue weighted by Crippen LogP contribution is 2.22. The summed E-state index contributed by atoms with van der Waals surface area (Å²) in [6.07, 6.45) is -0.864. The van der Waals surface area contributed by atoms with Gasteiger partial charge in [-0.1, -0.05) is 39.8 Å². The molecule has 6 N–H and O–H groups in total. The second-order valence-corrected chi connectivity index (χ2v) is 10.7. The molecule has 0 aromatic heterocycles. The van der Waals surface area contributed by atoms with Crippen molar-refractivity contribution in [2.24, 2.45) is 11.7 Å². The average Bonchev–Trinajstić information content (AvgIpc) is 2.80. The summed E-state index contributed by atoms with van der Waals surface area (Å²) in [6.45, 7) is 12.9. The van der Waals surface area contributed by atoms with E-state index in [2.05, 4.69) is 33.3 Å². The molecule has 0 aliphatic carbocycles. The van der Waals surface area contributed by atoms with Gasteiger partial charge in [-0.25, -0.2) is 4.79 Å². The quantitative estimate of drug-likeness (QED) is 0.115. The number of rotatable bonds is 14. The van der Waals surface area contributed by atoms with Crippen LogP contribution in [0.4, 0.5) is 10.5 Å². The van der Waals surface area contributed by atoms with Crippen LogP contribution in [0.15, 0.2) is 24.3 Å². The maximum Gasteiger partial charge on any atom is 0.506 e. The Hall–Kier alpha value is -2.83. The Morgan fingerprint density at radius 2 is 1.63 bits per heavy atom. The van der Waals surface area contributed by atoms with Gasteiger partial charge in [0.15, 0.2) is 0 Å². The molecule has 12 heteroatoms. The molecule has 0 radical (unpaired) electrons. The van der Waals surface area contributed by atoms with Gasteiger partial charge in [-0.2, -0.15) is 0 Å². The summed E-state index contributed by atoms with van der Waals surface area (Å²) >= 11 is 4.41. The highest BCUT2D eigenvalue weighted by Gasteiger charge is 2.29. The Bertz CT molecular complexity index is 900. The molecule has 38 heavy (non-hydrogen) atoms. The van der Waals surface area contributed by atoms with E-state index < -0.39 is 40.4 Å².